The number of rotatable bonds is 2. The van der Waals surface area contributed by atoms with Crippen LogP contribution in [0.15, 0.2) is 24.4 Å². The number of benzene rings is 1. The van der Waals surface area contributed by atoms with Gasteiger partial charge in [-0.15, -0.1) is 0 Å². The second-order valence-electron chi connectivity index (χ2n) is 6.37. The lowest BCUT2D eigenvalue weighted by molar-refractivity contribution is 0.0996. The highest BCUT2D eigenvalue weighted by molar-refractivity contribution is 6.09. The van der Waals surface area contributed by atoms with Crippen molar-refractivity contribution in [2.45, 2.75) is 20.4 Å². The topological polar surface area (TPSA) is 58.6 Å². The number of aryl methyl sites for hydroxylation is 2. The van der Waals surface area contributed by atoms with Crippen molar-refractivity contribution in [3.63, 3.8) is 0 Å². The van der Waals surface area contributed by atoms with Crippen LogP contribution in [0.1, 0.15) is 27.2 Å². The Bertz CT molecular complexity index is 779. The van der Waals surface area contributed by atoms with E-state index >= 15 is 0 Å². The molecule has 2 aliphatic heterocycles. The van der Waals surface area contributed by atoms with Crippen molar-refractivity contribution in [3.05, 3.63) is 46.8 Å². The van der Waals surface area contributed by atoms with Gasteiger partial charge in [0.2, 0.25) is 5.95 Å². The van der Waals surface area contributed by atoms with Crippen LogP contribution < -0.4 is 9.80 Å². The van der Waals surface area contributed by atoms with Gasteiger partial charge < -0.3 is 14.5 Å². The molecule has 2 aliphatic rings. The quantitative estimate of drug-likeness (QED) is 0.846. The Hall–Kier alpha value is -2.47. The SMILES string of the molecule is Cc1cc(C)cc(N2Cc3nc(N4CCOCC4)ncc3C2=O)c1. The molecule has 1 aromatic heterocycles. The summed E-state index contributed by atoms with van der Waals surface area (Å²) < 4.78 is 5.37. The first kappa shape index (κ1) is 15.1. The molecule has 124 valence electrons. The molecule has 1 amide bonds. The van der Waals surface area contributed by atoms with Crippen LogP contribution in [0.4, 0.5) is 11.6 Å². The first-order chi connectivity index (χ1) is 11.6. The van der Waals surface area contributed by atoms with Crippen molar-refractivity contribution in [1.29, 1.82) is 0 Å². The summed E-state index contributed by atoms with van der Waals surface area (Å²) in [6.07, 6.45) is 1.66. The first-order valence-electron chi connectivity index (χ1n) is 8.20. The van der Waals surface area contributed by atoms with Crippen LogP contribution in [0.3, 0.4) is 0 Å². The van der Waals surface area contributed by atoms with Gasteiger partial charge in [-0.25, -0.2) is 9.97 Å². The number of amides is 1. The third-order valence-corrected chi connectivity index (χ3v) is 4.45. The summed E-state index contributed by atoms with van der Waals surface area (Å²) in [6.45, 7) is 7.53. The van der Waals surface area contributed by atoms with Gasteiger partial charge in [0.05, 0.1) is 31.0 Å². The van der Waals surface area contributed by atoms with Crippen molar-refractivity contribution in [2.24, 2.45) is 0 Å². The first-order valence-corrected chi connectivity index (χ1v) is 8.20. The number of hydrogen-bond acceptors (Lipinski definition) is 5. The van der Waals surface area contributed by atoms with Gasteiger partial charge in [-0.1, -0.05) is 6.07 Å². The number of aromatic nitrogens is 2. The monoisotopic (exact) mass is 324 g/mol. The largest absolute Gasteiger partial charge is 0.378 e. The summed E-state index contributed by atoms with van der Waals surface area (Å²) in [5.74, 6) is 0.663. The molecular weight excluding hydrogens is 304 g/mol. The van der Waals surface area contributed by atoms with Crippen LogP contribution in [0.5, 0.6) is 0 Å². The van der Waals surface area contributed by atoms with E-state index in [0.717, 1.165) is 35.6 Å². The van der Waals surface area contributed by atoms with Gasteiger partial charge in [-0.05, 0) is 37.1 Å². The smallest absolute Gasteiger partial charge is 0.262 e. The Morgan fingerprint density at radius 1 is 1.08 bits per heavy atom. The number of fused-ring (bicyclic) bond motifs is 1. The number of morpholine rings is 1. The van der Waals surface area contributed by atoms with Crippen LogP contribution in [0.25, 0.3) is 0 Å². The van der Waals surface area contributed by atoms with E-state index < -0.39 is 0 Å². The lowest BCUT2D eigenvalue weighted by atomic mass is 10.1. The van der Waals surface area contributed by atoms with Crippen molar-refractivity contribution < 1.29 is 9.53 Å². The van der Waals surface area contributed by atoms with Crippen molar-refractivity contribution in [2.75, 3.05) is 36.1 Å². The third-order valence-electron chi connectivity index (χ3n) is 4.45. The molecule has 0 aliphatic carbocycles. The van der Waals surface area contributed by atoms with E-state index in [1.54, 1.807) is 11.1 Å². The molecule has 1 aromatic carbocycles. The Labute approximate surface area is 141 Å². The lowest BCUT2D eigenvalue weighted by Gasteiger charge is -2.26. The fourth-order valence-electron chi connectivity index (χ4n) is 3.30. The molecule has 0 unspecified atom stereocenters. The van der Waals surface area contributed by atoms with E-state index in [4.69, 9.17) is 4.74 Å². The van der Waals surface area contributed by atoms with Gasteiger partial charge in [0.15, 0.2) is 0 Å². The molecule has 0 saturated carbocycles. The summed E-state index contributed by atoms with van der Waals surface area (Å²) in [6, 6.07) is 6.17. The number of carbonyl (C=O) groups excluding carboxylic acids is 1. The maximum atomic E-state index is 12.7. The molecular formula is C18H20N4O2. The molecule has 6 heteroatoms. The highest BCUT2D eigenvalue weighted by atomic mass is 16.5. The maximum absolute atomic E-state index is 12.7. The number of hydrogen-bond donors (Lipinski definition) is 0. The van der Waals surface area contributed by atoms with E-state index in [9.17, 15) is 4.79 Å². The zero-order valence-electron chi connectivity index (χ0n) is 14.0. The number of carbonyl (C=O) groups is 1. The zero-order chi connectivity index (χ0) is 16.7. The summed E-state index contributed by atoms with van der Waals surface area (Å²) in [7, 11) is 0. The van der Waals surface area contributed by atoms with Crippen molar-refractivity contribution >= 4 is 17.5 Å². The van der Waals surface area contributed by atoms with Crippen LogP contribution in [-0.2, 0) is 11.3 Å². The standard InChI is InChI=1S/C18H20N4O2/c1-12-7-13(2)9-14(8-12)22-11-16-15(17(22)23)10-19-18(20-16)21-3-5-24-6-4-21/h7-10H,3-6,11H2,1-2H3. The van der Waals surface area contributed by atoms with Crippen molar-refractivity contribution in [3.8, 4) is 0 Å². The highest BCUT2D eigenvalue weighted by Gasteiger charge is 2.31. The Kier molecular flexibility index (Phi) is 3.69. The fraction of sp³-hybridized carbons (Fsp3) is 0.389. The second kappa shape index (κ2) is 5.87. The minimum Gasteiger partial charge on any atom is -0.378 e. The van der Waals surface area contributed by atoms with E-state index in [-0.39, 0.29) is 5.91 Å². The predicted octanol–water partition coefficient (Wildman–Crippen LogP) is 2.09. The molecule has 4 rings (SSSR count). The Morgan fingerprint density at radius 2 is 1.79 bits per heavy atom. The van der Waals surface area contributed by atoms with E-state index in [2.05, 4.69) is 20.9 Å². The van der Waals surface area contributed by atoms with E-state index in [0.29, 0.717) is 31.3 Å². The van der Waals surface area contributed by atoms with Crippen LogP contribution in [0, 0.1) is 13.8 Å². The summed E-state index contributed by atoms with van der Waals surface area (Å²) in [5.41, 5.74) is 4.62. The fourth-order valence-corrected chi connectivity index (χ4v) is 3.30. The molecule has 0 bridgehead atoms. The van der Waals surface area contributed by atoms with E-state index in [1.165, 1.54) is 0 Å². The average Bonchev–Trinajstić information content (AvgIpc) is 2.91. The number of nitrogens with zero attached hydrogens (tertiary/aromatic N) is 4. The average molecular weight is 324 g/mol. The Morgan fingerprint density at radius 3 is 2.50 bits per heavy atom. The van der Waals surface area contributed by atoms with Gasteiger partial charge in [0.25, 0.3) is 5.91 Å². The van der Waals surface area contributed by atoms with Crippen LogP contribution >= 0.6 is 0 Å². The van der Waals surface area contributed by atoms with Gasteiger partial charge in [-0.2, -0.15) is 0 Å². The van der Waals surface area contributed by atoms with Gasteiger partial charge in [-0.3, -0.25) is 4.79 Å². The van der Waals surface area contributed by atoms with E-state index in [1.807, 2.05) is 26.0 Å². The zero-order valence-corrected chi connectivity index (χ0v) is 14.0. The lowest BCUT2D eigenvalue weighted by Crippen LogP contribution is -2.37. The number of anilines is 2. The Balaban J connectivity index is 1.64. The minimum atomic E-state index is -0.0245. The second-order valence-corrected chi connectivity index (χ2v) is 6.37. The molecule has 3 heterocycles. The van der Waals surface area contributed by atoms with Gasteiger partial charge in [0, 0.05) is 25.0 Å². The molecule has 0 spiro atoms. The summed E-state index contributed by atoms with van der Waals surface area (Å²) in [4.78, 5) is 25.6. The normalized spacial score (nSPS) is 17.3. The molecule has 0 N–H and O–H groups in total. The predicted molar refractivity (Wildman–Crippen MR) is 91.5 cm³/mol. The molecule has 6 nitrogen and oxygen atoms in total. The molecule has 2 aromatic rings. The maximum Gasteiger partial charge on any atom is 0.262 e. The molecule has 1 fully saturated rings. The van der Waals surface area contributed by atoms with Gasteiger partial charge >= 0.3 is 0 Å². The number of ether oxygens (including phenoxy) is 1. The highest BCUT2D eigenvalue weighted by Crippen LogP contribution is 2.29. The molecule has 1 saturated heterocycles. The molecule has 24 heavy (non-hydrogen) atoms. The summed E-state index contributed by atoms with van der Waals surface area (Å²) in [5, 5.41) is 0. The van der Waals surface area contributed by atoms with Crippen molar-refractivity contribution in [1.82, 2.24) is 9.97 Å². The summed E-state index contributed by atoms with van der Waals surface area (Å²) >= 11 is 0. The molecule has 0 radical (unpaired) electrons. The molecule has 0 atom stereocenters. The van der Waals surface area contributed by atoms with Crippen LogP contribution in [0.2, 0.25) is 0 Å². The van der Waals surface area contributed by atoms with Gasteiger partial charge in [0.1, 0.15) is 0 Å². The van der Waals surface area contributed by atoms with Crippen LogP contribution in [-0.4, -0.2) is 42.2 Å². The third kappa shape index (κ3) is 2.63. The minimum absolute atomic E-state index is 0.0245.